The molecule has 0 unspecified atom stereocenters. The summed E-state index contributed by atoms with van der Waals surface area (Å²) in [5.74, 6) is 0.0299. The minimum atomic E-state index is -0.480. The molecule has 0 atom stereocenters. The lowest BCUT2D eigenvalue weighted by molar-refractivity contribution is -0.131. The summed E-state index contributed by atoms with van der Waals surface area (Å²) in [5.41, 5.74) is 0.777. The van der Waals surface area contributed by atoms with Crippen LogP contribution in [-0.2, 0) is 9.53 Å². The maximum absolute atomic E-state index is 11.7. The van der Waals surface area contributed by atoms with Crippen LogP contribution in [0.15, 0.2) is 22.6 Å². The van der Waals surface area contributed by atoms with E-state index in [0.717, 1.165) is 0 Å². The van der Waals surface area contributed by atoms with Gasteiger partial charge in [-0.15, -0.1) is 0 Å². The monoisotopic (exact) mass is 262 g/mol. The number of furan rings is 1. The molecule has 1 aromatic heterocycles. The van der Waals surface area contributed by atoms with Gasteiger partial charge in [0.2, 0.25) is 0 Å². The molecule has 0 radical (unpaired) electrons. The van der Waals surface area contributed by atoms with Crippen LogP contribution in [0.1, 0.15) is 30.0 Å². The van der Waals surface area contributed by atoms with Gasteiger partial charge in [-0.05, 0) is 32.0 Å². The fraction of sp³-hybridized carbons (Fsp3) is 0.286. The Labute approximate surface area is 110 Å². The number of rotatable bonds is 3. The van der Waals surface area contributed by atoms with Crippen molar-refractivity contribution in [2.45, 2.75) is 20.8 Å². The predicted octanol–water partition coefficient (Wildman–Crippen LogP) is 2.84. The van der Waals surface area contributed by atoms with Gasteiger partial charge in [0.25, 0.3) is 0 Å². The molecule has 0 fully saturated rings. The Morgan fingerprint density at radius 1 is 1.26 bits per heavy atom. The van der Waals surface area contributed by atoms with Crippen LogP contribution in [0.5, 0.6) is 5.75 Å². The molecule has 0 spiro atoms. The third-order valence-electron chi connectivity index (χ3n) is 2.49. The van der Waals surface area contributed by atoms with E-state index in [2.05, 4.69) is 0 Å². The van der Waals surface area contributed by atoms with E-state index < -0.39 is 11.9 Å². The molecule has 100 valence electrons. The van der Waals surface area contributed by atoms with E-state index in [1.54, 1.807) is 26.0 Å². The number of carbonyl (C=O) groups is 2. The molecule has 2 aromatic rings. The summed E-state index contributed by atoms with van der Waals surface area (Å²) in [7, 11) is 0. The number of esters is 2. The van der Waals surface area contributed by atoms with Crippen LogP contribution in [0, 0.1) is 6.92 Å². The van der Waals surface area contributed by atoms with Crippen molar-refractivity contribution < 1.29 is 23.5 Å². The molecule has 0 aliphatic carbocycles. The van der Waals surface area contributed by atoms with Crippen LogP contribution < -0.4 is 4.74 Å². The summed E-state index contributed by atoms with van der Waals surface area (Å²) in [6.45, 7) is 5.08. The Morgan fingerprint density at radius 2 is 2.00 bits per heavy atom. The van der Waals surface area contributed by atoms with Crippen molar-refractivity contribution in [2.75, 3.05) is 6.61 Å². The highest BCUT2D eigenvalue weighted by molar-refractivity contribution is 5.97. The molecule has 2 rings (SSSR count). The second-order valence-electron chi connectivity index (χ2n) is 4.06. The van der Waals surface area contributed by atoms with Gasteiger partial charge >= 0.3 is 11.9 Å². The summed E-state index contributed by atoms with van der Waals surface area (Å²) in [6, 6.07) is 4.81. The second-order valence-corrected chi connectivity index (χ2v) is 4.06. The predicted molar refractivity (Wildman–Crippen MR) is 68.2 cm³/mol. The van der Waals surface area contributed by atoms with Crippen molar-refractivity contribution in [2.24, 2.45) is 0 Å². The highest BCUT2D eigenvalue weighted by atomic mass is 16.5. The SMILES string of the molecule is CCOC(=O)c1cc(OC(C)=O)c2cc(C)oc2c1. The zero-order valence-corrected chi connectivity index (χ0v) is 11.0. The molecule has 0 amide bonds. The third kappa shape index (κ3) is 2.76. The molecule has 0 N–H and O–H groups in total. The number of hydrogen-bond acceptors (Lipinski definition) is 5. The van der Waals surface area contributed by atoms with E-state index >= 15 is 0 Å². The fourth-order valence-electron chi connectivity index (χ4n) is 1.81. The fourth-order valence-corrected chi connectivity index (χ4v) is 1.81. The maximum Gasteiger partial charge on any atom is 0.338 e. The van der Waals surface area contributed by atoms with E-state index in [0.29, 0.717) is 28.0 Å². The topological polar surface area (TPSA) is 65.7 Å². The first-order valence-corrected chi connectivity index (χ1v) is 5.91. The Morgan fingerprint density at radius 3 is 2.63 bits per heavy atom. The largest absolute Gasteiger partial charge is 0.462 e. The molecular formula is C14H14O5. The van der Waals surface area contributed by atoms with Gasteiger partial charge in [0.15, 0.2) is 0 Å². The number of benzene rings is 1. The number of hydrogen-bond donors (Lipinski definition) is 0. The number of ether oxygens (including phenoxy) is 2. The van der Waals surface area contributed by atoms with Crippen LogP contribution in [0.3, 0.4) is 0 Å². The van der Waals surface area contributed by atoms with E-state index in [9.17, 15) is 9.59 Å². The van der Waals surface area contributed by atoms with Gasteiger partial charge in [-0.2, -0.15) is 0 Å². The van der Waals surface area contributed by atoms with Crippen LogP contribution in [0.4, 0.5) is 0 Å². The average Bonchev–Trinajstić information content (AvgIpc) is 2.69. The van der Waals surface area contributed by atoms with Crippen LogP contribution in [-0.4, -0.2) is 18.5 Å². The first-order valence-electron chi connectivity index (χ1n) is 5.91. The Balaban J connectivity index is 2.55. The third-order valence-corrected chi connectivity index (χ3v) is 2.49. The van der Waals surface area contributed by atoms with Crippen LogP contribution in [0.2, 0.25) is 0 Å². The van der Waals surface area contributed by atoms with Gasteiger partial charge in [-0.1, -0.05) is 0 Å². The summed E-state index contributed by atoms with van der Waals surface area (Å²) in [4.78, 5) is 22.8. The van der Waals surface area contributed by atoms with Crippen molar-refractivity contribution >= 4 is 22.9 Å². The number of carbonyl (C=O) groups excluding carboxylic acids is 2. The standard InChI is InChI=1S/C14H14O5/c1-4-17-14(16)10-6-12-11(5-8(2)18-12)13(7-10)19-9(3)15/h5-7H,4H2,1-3H3. The van der Waals surface area contributed by atoms with E-state index in [1.165, 1.54) is 13.0 Å². The van der Waals surface area contributed by atoms with Gasteiger partial charge in [0, 0.05) is 6.92 Å². The van der Waals surface area contributed by atoms with E-state index in [-0.39, 0.29) is 6.61 Å². The lowest BCUT2D eigenvalue weighted by Crippen LogP contribution is -2.06. The summed E-state index contributed by atoms with van der Waals surface area (Å²) < 4.78 is 15.5. The Hall–Kier alpha value is -2.30. The normalized spacial score (nSPS) is 10.5. The first kappa shape index (κ1) is 13.1. The molecule has 5 heteroatoms. The molecule has 5 nitrogen and oxygen atoms in total. The van der Waals surface area contributed by atoms with Gasteiger partial charge in [0.05, 0.1) is 17.6 Å². The quantitative estimate of drug-likeness (QED) is 0.628. The van der Waals surface area contributed by atoms with E-state index in [1.807, 2.05) is 0 Å². The van der Waals surface area contributed by atoms with E-state index in [4.69, 9.17) is 13.9 Å². The molecule has 1 aromatic carbocycles. The minimum Gasteiger partial charge on any atom is -0.462 e. The zero-order chi connectivity index (χ0) is 14.0. The molecule has 0 saturated carbocycles. The second kappa shape index (κ2) is 5.14. The first-order chi connectivity index (χ1) is 9.01. The molecule has 0 saturated heterocycles. The Kier molecular flexibility index (Phi) is 3.55. The van der Waals surface area contributed by atoms with Gasteiger partial charge in [-0.25, -0.2) is 4.79 Å². The average molecular weight is 262 g/mol. The Bertz CT molecular complexity index is 639. The zero-order valence-electron chi connectivity index (χ0n) is 11.0. The van der Waals surface area contributed by atoms with Crippen molar-refractivity contribution in [3.8, 4) is 5.75 Å². The summed E-state index contributed by atoms with van der Waals surface area (Å²) >= 11 is 0. The molecule has 19 heavy (non-hydrogen) atoms. The highest BCUT2D eigenvalue weighted by Gasteiger charge is 2.16. The molecule has 0 aliphatic heterocycles. The molecule has 1 heterocycles. The summed E-state index contributed by atoms with van der Waals surface area (Å²) in [6.07, 6.45) is 0. The van der Waals surface area contributed by atoms with Crippen molar-refractivity contribution in [3.05, 3.63) is 29.5 Å². The molecule has 0 aliphatic rings. The van der Waals surface area contributed by atoms with Crippen LogP contribution >= 0.6 is 0 Å². The van der Waals surface area contributed by atoms with Gasteiger partial charge in [0.1, 0.15) is 17.1 Å². The van der Waals surface area contributed by atoms with Gasteiger partial charge in [-0.3, -0.25) is 4.79 Å². The summed E-state index contributed by atoms with van der Waals surface area (Å²) in [5, 5.41) is 0.653. The lowest BCUT2D eigenvalue weighted by Gasteiger charge is -2.06. The lowest BCUT2D eigenvalue weighted by atomic mass is 10.1. The highest BCUT2D eigenvalue weighted by Crippen LogP contribution is 2.31. The molecular weight excluding hydrogens is 248 g/mol. The van der Waals surface area contributed by atoms with Crippen LogP contribution in [0.25, 0.3) is 11.0 Å². The molecule has 0 bridgehead atoms. The smallest absolute Gasteiger partial charge is 0.338 e. The van der Waals surface area contributed by atoms with Gasteiger partial charge < -0.3 is 13.9 Å². The van der Waals surface area contributed by atoms with Crippen molar-refractivity contribution in [1.29, 1.82) is 0 Å². The number of aryl methyl sites for hydroxylation is 1. The van der Waals surface area contributed by atoms with Crippen molar-refractivity contribution in [3.63, 3.8) is 0 Å². The maximum atomic E-state index is 11.7. The van der Waals surface area contributed by atoms with Crippen molar-refractivity contribution in [1.82, 2.24) is 0 Å². The number of fused-ring (bicyclic) bond motifs is 1. The minimum absolute atomic E-state index is 0.275.